The lowest BCUT2D eigenvalue weighted by molar-refractivity contribution is -0.122. The molecule has 2 amide bonds. The summed E-state index contributed by atoms with van der Waals surface area (Å²) in [5.74, 6) is 2.67. The molecule has 0 atom stereocenters. The minimum Gasteiger partial charge on any atom is -0.497 e. The molecule has 146 valence electrons. The summed E-state index contributed by atoms with van der Waals surface area (Å²) in [4.78, 5) is 23.6. The summed E-state index contributed by atoms with van der Waals surface area (Å²) < 4.78 is 16.6. The predicted molar refractivity (Wildman–Crippen MR) is 101 cm³/mol. The van der Waals surface area contributed by atoms with Crippen molar-refractivity contribution < 1.29 is 19.0 Å². The van der Waals surface area contributed by atoms with Crippen molar-refractivity contribution in [3.05, 3.63) is 41.5 Å². The number of carbonyl (C=O) groups excluding carboxylic acids is 1. The molecule has 2 aliphatic heterocycles. The predicted octanol–water partition coefficient (Wildman–Crippen LogP) is 2.64. The van der Waals surface area contributed by atoms with E-state index in [2.05, 4.69) is 15.3 Å². The molecule has 3 aliphatic rings. The fourth-order valence-electron chi connectivity index (χ4n) is 3.83. The summed E-state index contributed by atoms with van der Waals surface area (Å²) in [6.07, 6.45) is 4.24. The zero-order chi connectivity index (χ0) is 19.3. The number of ether oxygens (including phenoxy) is 3. The smallest absolute Gasteiger partial charge is 0.322 e. The Bertz CT molecular complexity index is 938. The Morgan fingerprint density at radius 2 is 2.11 bits per heavy atom. The molecule has 3 heterocycles. The number of carbonyl (C=O) groups is 1. The summed E-state index contributed by atoms with van der Waals surface area (Å²) in [6, 6.07) is 5.08. The van der Waals surface area contributed by atoms with E-state index in [1.54, 1.807) is 37.3 Å². The number of rotatable bonds is 4. The highest BCUT2D eigenvalue weighted by atomic mass is 16.5. The van der Waals surface area contributed by atoms with Gasteiger partial charge < -0.3 is 24.4 Å². The summed E-state index contributed by atoms with van der Waals surface area (Å²) in [5, 5.41) is 2.90. The molecule has 1 spiro atoms. The van der Waals surface area contributed by atoms with E-state index in [-0.39, 0.29) is 6.03 Å². The minimum absolute atomic E-state index is 0.204. The van der Waals surface area contributed by atoms with Crippen LogP contribution in [-0.2, 0) is 16.9 Å². The zero-order valence-corrected chi connectivity index (χ0v) is 15.9. The number of nitrogens with zero attached hydrogens (tertiary/aromatic N) is 3. The van der Waals surface area contributed by atoms with Gasteiger partial charge in [0.25, 0.3) is 0 Å². The first-order valence-electron chi connectivity index (χ1n) is 9.40. The maximum absolute atomic E-state index is 12.7. The number of anilines is 1. The molecule has 1 N–H and O–H groups in total. The standard InChI is InChI=1S/C20H22N4O4/c1-26-13-5-6-17(27-2)15(7-13)23-19(25)24-10-20(11-24)14-8-21-18(12-3-4-12)22-16(14)9-28-20/h5-8,12H,3-4,9-11H2,1-2H3,(H,23,25). The molecule has 2 aromatic rings. The van der Waals surface area contributed by atoms with E-state index in [9.17, 15) is 4.79 Å². The van der Waals surface area contributed by atoms with Gasteiger partial charge in [-0.25, -0.2) is 14.8 Å². The average molecular weight is 382 g/mol. The van der Waals surface area contributed by atoms with Crippen LogP contribution in [-0.4, -0.2) is 48.2 Å². The molecule has 1 aliphatic carbocycles. The molecule has 1 saturated carbocycles. The van der Waals surface area contributed by atoms with Gasteiger partial charge in [0.1, 0.15) is 22.9 Å². The molecule has 0 radical (unpaired) electrons. The second-order valence-electron chi connectivity index (χ2n) is 7.50. The molecule has 1 aromatic carbocycles. The van der Waals surface area contributed by atoms with Crippen molar-refractivity contribution in [1.82, 2.24) is 14.9 Å². The minimum atomic E-state index is -0.479. The van der Waals surface area contributed by atoms with E-state index in [0.717, 1.165) is 17.1 Å². The van der Waals surface area contributed by atoms with Gasteiger partial charge in [-0.05, 0) is 25.0 Å². The summed E-state index contributed by atoms with van der Waals surface area (Å²) >= 11 is 0. The average Bonchev–Trinajstić information content (AvgIpc) is 3.46. The van der Waals surface area contributed by atoms with E-state index in [0.29, 0.717) is 42.8 Å². The lowest BCUT2D eigenvalue weighted by Crippen LogP contribution is -2.62. The van der Waals surface area contributed by atoms with Crippen LogP contribution in [0.4, 0.5) is 10.5 Å². The maximum Gasteiger partial charge on any atom is 0.322 e. The molecule has 28 heavy (non-hydrogen) atoms. The second-order valence-corrected chi connectivity index (χ2v) is 7.50. The van der Waals surface area contributed by atoms with Gasteiger partial charge in [-0.1, -0.05) is 0 Å². The van der Waals surface area contributed by atoms with Gasteiger partial charge in [0, 0.05) is 23.7 Å². The molecule has 0 unspecified atom stereocenters. The fourth-order valence-corrected chi connectivity index (χ4v) is 3.83. The van der Waals surface area contributed by atoms with Gasteiger partial charge in [0.15, 0.2) is 0 Å². The number of benzene rings is 1. The van der Waals surface area contributed by atoms with Crippen molar-refractivity contribution in [2.75, 3.05) is 32.6 Å². The van der Waals surface area contributed by atoms with Gasteiger partial charge in [0.2, 0.25) is 0 Å². The molecule has 1 saturated heterocycles. The molecular formula is C20H22N4O4. The maximum atomic E-state index is 12.7. The number of nitrogens with one attached hydrogen (secondary N) is 1. The number of likely N-dealkylation sites (tertiary alicyclic amines) is 1. The van der Waals surface area contributed by atoms with E-state index in [1.807, 2.05) is 6.20 Å². The second kappa shape index (κ2) is 6.34. The van der Waals surface area contributed by atoms with Crippen molar-refractivity contribution in [3.8, 4) is 11.5 Å². The Labute approximate surface area is 162 Å². The van der Waals surface area contributed by atoms with Crippen molar-refractivity contribution in [3.63, 3.8) is 0 Å². The molecule has 8 heteroatoms. The topological polar surface area (TPSA) is 85.8 Å². The van der Waals surface area contributed by atoms with Crippen LogP contribution in [0.2, 0.25) is 0 Å². The third-order valence-electron chi connectivity index (χ3n) is 5.63. The Morgan fingerprint density at radius 3 is 2.82 bits per heavy atom. The highest BCUT2D eigenvalue weighted by molar-refractivity contribution is 5.92. The van der Waals surface area contributed by atoms with Crippen molar-refractivity contribution in [1.29, 1.82) is 0 Å². The molecular weight excluding hydrogens is 360 g/mol. The first kappa shape index (κ1) is 17.2. The van der Waals surface area contributed by atoms with Crippen LogP contribution in [0.15, 0.2) is 24.4 Å². The summed E-state index contributed by atoms with van der Waals surface area (Å²) in [5.41, 5.74) is 2.07. The first-order valence-corrected chi connectivity index (χ1v) is 9.40. The number of hydrogen-bond donors (Lipinski definition) is 1. The fraction of sp³-hybridized carbons (Fsp3) is 0.450. The summed E-state index contributed by atoms with van der Waals surface area (Å²) in [6.45, 7) is 1.44. The molecule has 0 bridgehead atoms. The van der Waals surface area contributed by atoms with Crippen LogP contribution >= 0.6 is 0 Å². The Hall–Kier alpha value is -2.87. The molecule has 8 nitrogen and oxygen atoms in total. The van der Waals surface area contributed by atoms with Crippen molar-refractivity contribution in [2.24, 2.45) is 0 Å². The monoisotopic (exact) mass is 382 g/mol. The van der Waals surface area contributed by atoms with Crippen molar-refractivity contribution >= 4 is 11.7 Å². The number of fused-ring (bicyclic) bond motifs is 2. The van der Waals surface area contributed by atoms with Crippen LogP contribution in [0.5, 0.6) is 11.5 Å². The van der Waals surface area contributed by atoms with Crippen LogP contribution < -0.4 is 14.8 Å². The van der Waals surface area contributed by atoms with Gasteiger partial charge in [0.05, 0.1) is 45.3 Å². The van der Waals surface area contributed by atoms with E-state index in [1.165, 1.54) is 12.8 Å². The number of urea groups is 1. The third-order valence-corrected chi connectivity index (χ3v) is 5.63. The van der Waals surface area contributed by atoms with Crippen molar-refractivity contribution in [2.45, 2.75) is 31.0 Å². The van der Waals surface area contributed by atoms with Crippen LogP contribution in [0, 0.1) is 0 Å². The van der Waals surface area contributed by atoms with E-state index in [4.69, 9.17) is 14.2 Å². The highest BCUT2D eigenvalue weighted by Crippen LogP contribution is 2.45. The van der Waals surface area contributed by atoms with Gasteiger partial charge in [-0.3, -0.25) is 0 Å². The molecule has 2 fully saturated rings. The Kier molecular flexibility index (Phi) is 3.90. The van der Waals surface area contributed by atoms with E-state index >= 15 is 0 Å². The number of amides is 2. The first-order chi connectivity index (χ1) is 13.6. The largest absolute Gasteiger partial charge is 0.497 e. The van der Waals surface area contributed by atoms with Crippen LogP contribution in [0.25, 0.3) is 0 Å². The quantitative estimate of drug-likeness (QED) is 0.875. The summed E-state index contributed by atoms with van der Waals surface area (Å²) in [7, 11) is 3.15. The van der Waals surface area contributed by atoms with Crippen LogP contribution in [0.3, 0.4) is 0 Å². The van der Waals surface area contributed by atoms with E-state index < -0.39 is 5.60 Å². The lowest BCUT2D eigenvalue weighted by atomic mass is 9.88. The lowest BCUT2D eigenvalue weighted by Gasteiger charge is -2.46. The molecule has 5 rings (SSSR count). The Balaban J connectivity index is 1.28. The van der Waals surface area contributed by atoms with Crippen LogP contribution in [0.1, 0.15) is 35.8 Å². The number of aromatic nitrogens is 2. The van der Waals surface area contributed by atoms with Gasteiger partial charge in [-0.15, -0.1) is 0 Å². The van der Waals surface area contributed by atoms with Gasteiger partial charge in [-0.2, -0.15) is 0 Å². The molecule has 1 aromatic heterocycles. The number of hydrogen-bond acceptors (Lipinski definition) is 6. The zero-order valence-electron chi connectivity index (χ0n) is 15.9. The Morgan fingerprint density at radius 1 is 1.29 bits per heavy atom. The van der Waals surface area contributed by atoms with Gasteiger partial charge >= 0.3 is 6.03 Å². The number of methoxy groups -OCH3 is 2. The SMILES string of the molecule is COc1ccc(OC)c(NC(=O)N2CC3(C2)OCc2nc(C4CC4)ncc23)c1. The highest BCUT2D eigenvalue weighted by Gasteiger charge is 2.53. The third kappa shape index (κ3) is 2.75. The normalized spacial score (nSPS) is 19.1.